The fourth-order valence-corrected chi connectivity index (χ4v) is 5.38. The third kappa shape index (κ3) is 5.06. The van der Waals surface area contributed by atoms with Gasteiger partial charge in [-0.25, -0.2) is 9.59 Å². The van der Waals surface area contributed by atoms with Gasteiger partial charge in [0.15, 0.2) is 6.61 Å². The van der Waals surface area contributed by atoms with E-state index in [1.165, 1.54) is 30.1 Å². The third-order valence-corrected chi connectivity index (χ3v) is 6.81. The van der Waals surface area contributed by atoms with Crippen molar-refractivity contribution in [3.8, 4) is 0 Å². The van der Waals surface area contributed by atoms with Crippen molar-refractivity contribution in [1.29, 1.82) is 0 Å². The Morgan fingerprint density at radius 2 is 1.88 bits per heavy atom. The number of hydrogen-bond donors (Lipinski definition) is 2. The Morgan fingerprint density at radius 3 is 2.61 bits per heavy atom. The monoisotopic (exact) mass is 464 g/mol. The Balaban J connectivity index is 1.48. The molecule has 0 radical (unpaired) electrons. The molecule has 170 valence electrons. The lowest BCUT2D eigenvalue weighted by Crippen LogP contribution is -2.22. The topological polar surface area (TPSA) is 108 Å². The number of amides is 1. The van der Waals surface area contributed by atoms with Crippen LogP contribution in [0.25, 0.3) is 0 Å². The van der Waals surface area contributed by atoms with Crippen molar-refractivity contribution in [3.63, 3.8) is 0 Å². The lowest BCUT2D eigenvalue weighted by atomic mass is 9.83. The van der Waals surface area contributed by atoms with Crippen LogP contribution in [0.4, 0.5) is 10.7 Å². The van der Waals surface area contributed by atoms with Gasteiger partial charge in [-0.1, -0.05) is 36.4 Å². The summed E-state index contributed by atoms with van der Waals surface area (Å²) in [7, 11) is 1.32. The van der Waals surface area contributed by atoms with Gasteiger partial charge >= 0.3 is 11.9 Å². The zero-order valence-corrected chi connectivity index (χ0v) is 18.9. The van der Waals surface area contributed by atoms with Crippen molar-refractivity contribution < 1.29 is 23.9 Å². The number of hydrogen-bond acceptors (Lipinski definition) is 7. The van der Waals surface area contributed by atoms with Gasteiger partial charge in [-0.3, -0.25) is 4.79 Å². The van der Waals surface area contributed by atoms with Crippen LogP contribution in [-0.4, -0.2) is 31.6 Å². The van der Waals surface area contributed by atoms with Crippen molar-refractivity contribution in [1.82, 2.24) is 0 Å². The smallest absolute Gasteiger partial charge is 0.341 e. The SMILES string of the molecule is COC(=O)c1c(NC(=O)COC(=O)c2cccc(N)c2)sc2c1CCC(c1ccccc1)C2. The predicted octanol–water partition coefficient (Wildman–Crippen LogP) is 4.18. The molecule has 2 aromatic carbocycles. The molecule has 4 rings (SSSR count). The minimum Gasteiger partial charge on any atom is -0.465 e. The van der Waals surface area contributed by atoms with E-state index in [9.17, 15) is 14.4 Å². The van der Waals surface area contributed by atoms with Gasteiger partial charge in [0.25, 0.3) is 5.91 Å². The number of rotatable bonds is 6. The summed E-state index contributed by atoms with van der Waals surface area (Å²) in [5, 5.41) is 3.15. The molecule has 0 saturated heterocycles. The first kappa shape index (κ1) is 22.5. The number of carbonyl (C=O) groups is 3. The van der Waals surface area contributed by atoms with Gasteiger partial charge in [0.05, 0.1) is 18.2 Å². The second-order valence-corrected chi connectivity index (χ2v) is 8.90. The Bertz CT molecular complexity index is 1190. The molecule has 0 aliphatic heterocycles. The highest BCUT2D eigenvalue weighted by Gasteiger charge is 2.30. The zero-order valence-electron chi connectivity index (χ0n) is 18.1. The maximum atomic E-state index is 12.5. The summed E-state index contributed by atoms with van der Waals surface area (Å²) in [5.74, 6) is -1.32. The molecule has 3 N–H and O–H groups in total. The van der Waals surface area contributed by atoms with E-state index in [4.69, 9.17) is 15.2 Å². The van der Waals surface area contributed by atoms with E-state index in [2.05, 4.69) is 17.4 Å². The van der Waals surface area contributed by atoms with Crippen molar-refractivity contribution in [2.45, 2.75) is 25.2 Å². The molecule has 1 aliphatic carbocycles. The predicted molar refractivity (Wildman–Crippen MR) is 127 cm³/mol. The molecular weight excluding hydrogens is 440 g/mol. The maximum absolute atomic E-state index is 12.5. The summed E-state index contributed by atoms with van der Waals surface area (Å²) in [6, 6.07) is 16.6. The molecule has 0 saturated carbocycles. The summed E-state index contributed by atoms with van der Waals surface area (Å²) in [6.07, 6.45) is 2.41. The highest BCUT2D eigenvalue weighted by Crippen LogP contribution is 2.42. The summed E-state index contributed by atoms with van der Waals surface area (Å²) in [6.45, 7) is -0.483. The molecule has 1 unspecified atom stereocenters. The van der Waals surface area contributed by atoms with Crippen LogP contribution < -0.4 is 11.1 Å². The second-order valence-electron chi connectivity index (χ2n) is 7.80. The first-order valence-electron chi connectivity index (χ1n) is 10.6. The van der Waals surface area contributed by atoms with E-state index in [-0.39, 0.29) is 5.56 Å². The van der Waals surface area contributed by atoms with E-state index < -0.39 is 24.5 Å². The van der Waals surface area contributed by atoms with E-state index in [1.54, 1.807) is 18.2 Å². The van der Waals surface area contributed by atoms with Gasteiger partial charge in [-0.05, 0) is 54.5 Å². The number of methoxy groups -OCH3 is 1. The van der Waals surface area contributed by atoms with Crippen molar-refractivity contribution >= 4 is 39.9 Å². The van der Waals surface area contributed by atoms with Gasteiger partial charge in [0.1, 0.15) is 5.00 Å². The molecule has 1 aliphatic rings. The number of anilines is 2. The fraction of sp³-hybridized carbons (Fsp3) is 0.240. The first-order valence-corrected chi connectivity index (χ1v) is 11.4. The van der Waals surface area contributed by atoms with Gasteiger partial charge in [-0.15, -0.1) is 11.3 Å². The van der Waals surface area contributed by atoms with E-state index in [1.807, 2.05) is 18.2 Å². The van der Waals surface area contributed by atoms with Crippen molar-refractivity contribution in [2.24, 2.45) is 0 Å². The number of fused-ring (bicyclic) bond motifs is 1. The molecule has 0 fully saturated rings. The molecule has 33 heavy (non-hydrogen) atoms. The number of thiophene rings is 1. The van der Waals surface area contributed by atoms with Gasteiger partial charge in [0.2, 0.25) is 0 Å². The molecule has 3 aromatic rings. The minimum absolute atomic E-state index is 0.261. The van der Waals surface area contributed by atoms with E-state index in [0.717, 1.165) is 29.7 Å². The maximum Gasteiger partial charge on any atom is 0.341 e. The minimum atomic E-state index is -0.651. The lowest BCUT2D eigenvalue weighted by molar-refractivity contribution is -0.119. The number of nitrogens with one attached hydrogen (secondary N) is 1. The van der Waals surface area contributed by atoms with Crippen molar-refractivity contribution in [2.75, 3.05) is 24.8 Å². The number of ether oxygens (including phenoxy) is 2. The quantitative estimate of drug-likeness (QED) is 0.418. The van der Waals surface area contributed by atoms with Crippen LogP contribution in [0.1, 0.15) is 49.1 Å². The first-order chi connectivity index (χ1) is 16.0. The summed E-state index contributed by atoms with van der Waals surface area (Å²) >= 11 is 1.38. The molecule has 1 amide bonds. The fourth-order valence-electron chi connectivity index (χ4n) is 4.04. The Hall–Kier alpha value is -3.65. The van der Waals surface area contributed by atoms with Crippen LogP contribution in [0, 0.1) is 0 Å². The Kier molecular flexibility index (Phi) is 6.74. The zero-order chi connectivity index (χ0) is 23.4. The molecule has 0 spiro atoms. The van der Waals surface area contributed by atoms with Gasteiger partial charge < -0.3 is 20.5 Å². The standard InChI is InChI=1S/C25H24N2O5S/c1-31-25(30)22-19-11-10-16(15-6-3-2-4-7-15)13-20(19)33-23(22)27-21(28)14-32-24(29)17-8-5-9-18(26)12-17/h2-9,12,16H,10-11,13-14,26H2,1H3,(H,27,28). The molecule has 1 atom stereocenters. The van der Waals surface area contributed by atoms with Gasteiger partial charge in [0, 0.05) is 10.6 Å². The number of carbonyl (C=O) groups excluding carboxylic acids is 3. The summed E-state index contributed by atoms with van der Waals surface area (Å²) in [4.78, 5) is 38.3. The number of nitrogen functional groups attached to an aromatic ring is 1. The Labute approximate surface area is 195 Å². The molecule has 1 heterocycles. The van der Waals surface area contributed by atoms with E-state index >= 15 is 0 Å². The number of esters is 2. The average Bonchev–Trinajstić information content (AvgIpc) is 3.19. The van der Waals surface area contributed by atoms with E-state index in [0.29, 0.717) is 22.2 Å². The van der Waals surface area contributed by atoms with Crippen LogP contribution >= 0.6 is 11.3 Å². The largest absolute Gasteiger partial charge is 0.465 e. The molecular formula is C25H24N2O5S. The summed E-state index contributed by atoms with van der Waals surface area (Å²) in [5.41, 5.74) is 8.93. The van der Waals surface area contributed by atoms with Crippen LogP contribution in [0.2, 0.25) is 0 Å². The third-order valence-electron chi connectivity index (χ3n) is 5.64. The highest BCUT2D eigenvalue weighted by molar-refractivity contribution is 7.17. The number of nitrogens with two attached hydrogens (primary N) is 1. The van der Waals surface area contributed by atoms with Crippen molar-refractivity contribution in [3.05, 3.63) is 81.7 Å². The normalized spacial score (nSPS) is 14.8. The van der Waals surface area contributed by atoms with Gasteiger partial charge in [-0.2, -0.15) is 0 Å². The Morgan fingerprint density at radius 1 is 1.09 bits per heavy atom. The van der Waals surface area contributed by atoms with Crippen LogP contribution in [0.3, 0.4) is 0 Å². The lowest BCUT2D eigenvalue weighted by Gasteiger charge is -2.22. The van der Waals surface area contributed by atoms with Crippen LogP contribution in [-0.2, 0) is 27.1 Å². The number of benzene rings is 2. The second kappa shape index (κ2) is 9.87. The molecule has 7 nitrogen and oxygen atoms in total. The summed E-state index contributed by atoms with van der Waals surface area (Å²) < 4.78 is 10.1. The molecule has 1 aromatic heterocycles. The highest BCUT2D eigenvalue weighted by atomic mass is 32.1. The van der Waals surface area contributed by atoms with Crippen LogP contribution in [0.15, 0.2) is 54.6 Å². The van der Waals surface area contributed by atoms with Crippen LogP contribution in [0.5, 0.6) is 0 Å². The average molecular weight is 465 g/mol. The molecule has 0 bridgehead atoms. The molecule has 8 heteroatoms.